The van der Waals surface area contributed by atoms with E-state index in [-0.39, 0.29) is 13.2 Å². The van der Waals surface area contributed by atoms with Gasteiger partial charge >= 0.3 is 6.09 Å². The van der Waals surface area contributed by atoms with Gasteiger partial charge in [-0.25, -0.2) is 9.18 Å². The summed E-state index contributed by atoms with van der Waals surface area (Å²) in [5, 5.41) is 2.45. The molecular weight excluding hydrogens is 281 g/mol. The third-order valence-corrected chi connectivity index (χ3v) is 3.53. The van der Waals surface area contributed by atoms with Crippen LogP contribution in [0.25, 0.3) is 0 Å². The molecule has 1 amide bonds. The van der Waals surface area contributed by atoms with Gasteiger partial charge in [-0.2, -0.15) is 0 Å². The molecule has 116 valence electrons. The zero-order valence-electron chi connectivity index (χ0n) is 12.8. The predicted molar refractivity (Wildman–Crippen MR) is 84.4 cm³/mol. The molecule has 0 saturated heterocycles. The predicted octanol–water partition coefficient (Wildman–Crippen LogP) is 4.24. The molecule has 0 aliphatic rings. The summed E-state index contributed by atoms with van der Waals surface area (Å²) >= 11 is 0. The number of ether oxygens (including phenoxy) is 1. The van der Waals surface area contributed by atoms with E-state index in [2.05, 4.69) is 5.32 Å². The molecule has 4 heteroatoms. The van der Waals surface area contributed by atoms with E-state index in [1.165, 1.54) is 0 Å². The van der Waals surface area contributed by atoms with Crippen LogP contribution in [0.15, 0.2) is 48.5 Å². The van der Waals surface area contributed by atoms with Crippen LogP contribution < -0.4 is 5.32 Å². The fourth-order valence-electron chi connectivity index (χ4n) is 2.02. The SMILES string of the molecule is Cc1ccc(C(F)CNC(=O)OCc2ccccc2)cc1C. The molecule has 0 spiro atoms. The summed E-state index contributed by atoms with van der Waals surface area (Å²) in [5.41, 5.74) is 3.60. The molecule has 3 nitrogen and oxygen atoms in total. The Morgan fingerprint density at radius 1 is 1.14 bits per heavy atom. The van der Waals surface area contributed by atoms with Crippen molar-refractivity contribution in [2.75, 3.05) is 6.54 Å². The number of alkyl carbamates (subject to hydrolysis) is 1. The van der Waals surface area contributed by atoms with Gasteiger partial charge < -0.3 is 10.1 Å². The number of nitrogens with one attached hydrogen (secondary N) is 1. The number of benzene rings is 2. The van der Waals surface area contributed by atoms with Gasteiger partial charge in [-0.15, -0.1) is 0 Å². The van der Waals surface area contributed by atoms with Gasteiger partial charge in [0.15, 0.2) is 0 Å². The summed E-state index contributed by atoms with van der Waals surface area (Å²) < 4.78 is 19.1. The molecule has 1 atom stereocenters. The normalized spacial score (nSPS) is 11.8. The summed E-state index contributed by atoms with van der Waals surface area (Å²) in [6, 6.07) is 14.8. The van der Waals surface area contributed by atoms with Crippen LogP contribution in [0, 0.1) is 13.8 Å². The van der Waals surface area contributed by atoms with Crippen LogP contribution in [0.4, 0.5) is 9.18 Å². The van der Waals surface area contributed by atoms with Crippen LogP contribution in [0.5, 0.6) is 0 Å². The van der Waals surface area contributed by atoms with Gasteiger partial charge in [0.2, 0.25) is 0 Å². The molecule has 22 heavy (non-hydrogen) atoms. The first kappa shape index (κ1) is 16.0. The lowest BCUT2D eigenvalue weighted by Crippen LogP contribution is -2.27. The smallest absolute Gasteiger partial charge is 0.407 e. The molecule has 2 aromatic rings. The van der Waals surface area contributed by atoms with E-state index < -0.39 is 12.3 Å². The second-order valence-corrected chi connectivity index (χ2v) is 5.25. The van der Waals surface area contributed by atoms with E-state index >= 15 is 0 Å². The molecule has 0 aliphatic carbocycles. The van der Waals surface area contributed by atoms with E-state index in [0.717, 1.165) is 16.7 Å². The first-order chi connectivity index (χ1) is 10.6. The quantitative estimate of drug-likeness (QED) is 0.897. The first-order valence-electron chi connectivity index (χ1n) is 7.22. The lowest BCUT2D eigenvalue weighted by molar-refractivity contribution is 0.136. The maximum atomic E-state index is 14.1. The zero-order chi connectivity index (χ0) is 15.9. The maximum Gasteiger partial charge on any atom is 0.407 e. The number of aryl methyl sites for hydroxylation is 2. The van der Waals surface area contributed by atoms with Crippen LogP contribution in [0.3, 0.4) is 0 Å². The zero-order valence-corrected chi connectivity index (χ0v) is 12.8. The Labute approximate surface area is 130 Å². The molecule has 2 rings (SSSR count). The van der Waals surface area contributed by atoms with E-state index in [9.17, 15) is 9.18 Å². The summed E-state index contributed by atoms with van der Waals surface area (Å²) in [5.74, 6) is 0. The van der Waals surface area contributed by atoms with Crippen molar-refractivity contribution in [2.45, 2.75) is 26.6 Å². The van der Waals surface area contributed by atoms with E-state index in [1.54, 1.807) is 12.1 Å². The summed E-state index contributed by atoms with van der Waals surface area (Å²) in [6.45, 7) is 3.99. The van der Waals surface area contributed by atoms with E-state index in [0.29, 0.717) is 5.56 Å². The number of rotatable bonds is 5. The molecule has 0 aromatic heterocycles. The van der Waals surface area contributed by atoms with Gasteiger partial charge in [-0.1, -0.05) is 48.5 Å². The molecule has 0 fully saturated rings. The molecule has 0 saturated carbocycles. The van der Waals surface area contributed by atoms with Crippen LogP contribution >= 0.6 is 0 Å². The minimum Gasteiger partial charge on any atom is -0.445 e. The Kier molecular flexibility index (Phi) is 5.53. The fraction of sp³-hybridized carbons (Fsp3) is 0.278. The number of carbonyl (C=O) groups is 1. The second kappa shape index (κ2) is 7.59. The van der Waals surface area contributed by atoms with Crippen LogP contribution in [0.1, 0.15) is 28.4 Å². The summed E-state index contributed by atoms with van der Waals surface area (Å²) in [6.07, 6.45) is -1.86. The number of carbonyl (C=O) groups excluding carboxylic acids is 1. The van der Waals surface area contributed by atoms with Gasteiger partial charge in [-0.3, -0.25) is 0 Å². The summed E-state index contributed by atoms with van der Waals surface area (Å²) in [7, 11) is 0. The van der Waals surface area contributed by atoms with Crippen LogP contribution in [0.2, 0.25) is 0 Å². The lowest BCUT2D eigenvalue weighted by atomic mass is 10.0. The van der Waals surface area contributed by atoms with Crippen molar-refractivity contribution in [3.8, 4) is 0 Å². The average molecular weight is 301 g/mol. The summed E-state index contributed by atoms with van der Waals surface area (Å²) in [4.78, 5) is 11.6. The van der Waals surface area contributed by atoms with Gasteiger partial charge in [-0.05, 0) is 36.1 Å². The third-order valence-electron chi connectivity index (χ3n) is 3.53. The number of hydrogen-bond acceptors (Lipinski definition) is 2. The highest BCUT2D eigenvalue weighted by Crippen LogP contribution is 2.19. The Hall–Kier alpha value is -2.36. The Morgan fingerprint density at radius 2 is 1.86 bits per heavy atom. The Morgan fingerprint density at radius 3 is 2.55 bits per heavy atom. The molecule has 0 heterocycles. The lowest BCUT2D eigenvalue weighted by Gasteiger charge is -2.12. The molecule has 0 bridgehead atoms. The number of halogens is 1. The van der Waals surface area contributed by atoms with E-state index in [1.807, 2.05) is 50.2 Å². The third kappa shape index (κ3) is 4.58. The average Bonchev–Trinajstić information content (AvgIpc) is 2.54. The van der Waals surface area contributed by atoms with Gasteiger partial charge in [0.25, 0.3) is 0 Å². The largest absolute Gasteiger partial charge is 0.445 e. The monoisotopic (exact) mass is 301 g/mol. The fourth-order valence-corrected chi connectivity index (χ4v) is 2.02. The van der Waals surface area contributed by atoms with Crippen LogP contribution in [-0.2, 0) is 11.3 Å². The molecular formula is C18H20FNO2. The van der Waals surface area contributed by atoms with Crippen molar-refractivity contribution in [2.24, 2.45) is 0 Å². The van der Waals surface area contributed by atoms with Crippen molar-refractivity contribution in [3.05, 3.63) is 70.8 Å². The molecule has 0 radical (unpaired) electrons. The van der Waals surface area contributed by atoms with Crippen molar-refractivity contribution in [3.63, 3.8) is 0 Å². The van der Waals surface area contributed by atoms with Crippen molar-refractivity contribution >= 4 is 6.09 Å². The minimum absolute atomic E-state index is 0.101. The number of hydrogen-bond donors (Lipinski definition) is 1. The minimum atomic E-state index is -1.25. The standard InChI is InChI=1S/C18H20FNO2/c1-13-8-9-16(10-14(13)2)17(19)11-20-18(21)22-12-15-6-4-3-5-7-15/h3-10,17H,11-12H2,1-2H3,(H,20,21). The Balaban J connectivity index is 1.79. The van der Waals surface area contributed by atoms with Crippen LogP contribution in [-0.4, -0.2) is 12.6 Å². The highest BCUT2D eigenvalue weighted by atomic mass is 19.1. The maximum absolute atomic E-state index is 14.1. The molecule has 2 aromatic carbocycles. The molecule has 0 aliphatic heterocycles. The van der Waals surface area contributed by atoms with Crippen molar-refractivity contribution in [1.82, 2.24) is 5.32 Å². The molecule has 1 unspecified atom stereocenters. The first-order valence-corrected chi connectivity index (χ1v) is 7.22. The number of alkyl halides is 1. The van der Waals surface area contributed by atoms with Crippen molar-refractivity contribution < 1.29 is 13.9 Å². The second-order valence-electron chi connectivity index (χ2n) is 5.25. The molecule has 1 N–H and O–H groups in total. The topological polar surface area (TPSA) is 38.3 Å². The van der Waals surface area contributed by atoms with Gasteiger partial charge in [0.1, 0.15) is 12.8 Å². The van der Waals surface area contributed by atoms with Gasteiger partial charge in [0, 0.05) is 0 Å². The van der Waals surface area contributed by atoms with E-state index in [4.69, 9.17) is 4.74 Å². The van der Waals surface area contributed by atoms with Crippen molar-refractivity contribution in [1.29, 1.82) is 0 Å². The highest BCUT2D eigenvalue weighted by molar-refractivity contribution is 5.67. The van der Waals surface area contributed by atoms with Gasteiger partial charge in [0.05, 0.1) is 6.54 Å². The highest BCUT2D eigenvalue weighted by Gasteiger charge is 2.12. The Bertz CT molecular complexity index is 628. The number of amides is 1.